The molecular weight excluding hydrogens is 489 g/mol. The number of nitrogens with zero attached hydrogens (tertiary/aromatic N) is 2. The molecule has 1 aliphatic rings. The number of carboxylic acids is 1. The molecule has 2 atom stereocenters. The van der Waals surface area contributed by atoms with Gasteiger partial charge in [0.05, 0.1) is 11.7 Å². The molecule has 1 aromatic heterocycles. The molecule has 2 unspecified atom stereocenters. The molecule has 0 bridgehead atoms. The molecule has 2 N–H and O–H groups in total. The zero-order chi connectivity index (χ0) is 26.0. The first-order valence-electron chi connectivity index (χ1n) is 11.6. The third kappa shape index (κ3) is 5.68. The van der Waals surface area contributed by atoms with E-state index in [-0.39, 0.29) is 23.8 Å². The van der Waals surface area contributed by atoms with Crippen LogP contribution in [0.25, 0.3) is 11.1 Å². The van der Waals surface area contributed by atoms with E-state index in [2.05, 4.69) is 4.98 Å². The number of aliphatic hydroxyl groups excluding tert-OH is 1. The van der Waals surface area contributed by atoms with E-state index in [9.17, 15) is 28.2 Å². The molecule has 0 aliphatic carbocycles. The van der Waals surface area contributed by atoms with Gasteiger partial charge in [0.15, 0.2) is 0 Å². The number of pyridine rings is 1. The van der Waals surface area contributed by atoms with Gasteiger partial charge in [0.1, 0.15) is 11.7 Å². The van der Waals surface area contributed by atoms with Crippen molar-refractivity contribution in [2.24, 2.45) is 5.92 Å². The van der Waals surface area contributed by atoms with E-state index in [1.54, 1.807) is 23.1 Å². The molecule has 4 rings (SSSR count). The van der Waals surface area contributed by atoms with E-state index < -0.39 is 29.7 Å². The highest BCUT2D eigenvalue weighted by atomic mass is 32.2. The van der Waals surface area contributed by atoms with E-state index in [0.717, 1.165) is 28.3 Å². The minimum Gasteiger partial charge on any atom is -0.481 e. The number of aromatic nitrogens is 1. The fourth-order valence-electron chi connectivity index (χ4n) is 4.35. The number of anilines is 1. The predicted molar refractivity (Wildman–Crippen MR) is 133 cm³/mol. The van der Waals surface area contributed by atoms with Gasteiger partial charge in [-0.1, -0.05) is 49.9 Å². The first-order chi connectivity index (χ1) is 17.0. The van der Waals surface area contributed by atoms with Crippen LogP contribution in [0.2, 0.25) is 0 Å². The highest BCUT2D eigenvalue weighted by Gasteiger charge is 2.35. The zero-order valence-corrected chi connectivity index (χ0v) is 20.7. The van der Waals surface area contributed by atoms with Crippen LogP contribution in [0.3, 0.4) is 0 Å². The SMILES string of the molecule is CC(C)c1ccccc1Sc1ccc(-c2ccnc(N3CCC(O)C(C(=O)O)C3)c2)cc1C(F)(F)F. The normalized spacial score (nSPS) is 18.5. The second-order valence-corrected chi connectivity index (χ2v) is 10.2. The number of benzene rings is 2. The van der Waals surface area contributed by atoms with Crippen LogP contribution in [0.1, 0.15) is 37.3 Å². The van der Waals surface area contributed by atoms with Gasteiger partial charge >= 0.3 is 12.1 Å². The fourth-order valence-corrected chi connectivity index (χ4v) is 5.58. The lowest BCUT2D eigenvalue weighted by molar-refractivity contribution is -0.146. The molecule has 2 heterocycles. The summed E-state index contributed by atoms with van der Waals surface area (Å²) in [5.74, 6) is -1.41. The summed E-state index contributed by atoms with van der Waals surface area (Å²) in [4.78, 5) is 18.4. The van der Waals surface area contributed by atoms with Crippen molar-refractivity contribution in [1.29, 1.82) is 0 Å². The number of alkyl halides is 3. The Morgan fingerprint density at radius 3 is 2.50 bits per heavy atom. The average molecular weight is 517 g/mol. The Hall–Kier alpha value is -3.04. The predicted octanol–water partition coefficient (Wildman–Crippen LogP) is 6.31. The van der Waals surface area contributed by atoms with Gasteiger partial charge < -0.3 is 15.1 Å². The summed E-state index contributed by atoms with van der Waals surface area (Å²) in [7, 11) is 0. The molecular formula is C27H27F3N2O3S. The molecule has 3 aromatic rings. The number of carboxylic acid groups (broad SMARTS) is 1. The highest BCUT2D eigenvalue weighted by Crippen LogP contribution is 2.43. The van der Waals surface area contributed by atoms with Crippen LogP contribution >= 0.6 is 11.8 Å². The molecule has 0 spiro atoms. The van der Waals surface area contributed by atoms with Crippen molar-refractivity contribution in [2.75, 3.05) is 18.0 Å². The molecule has 1 aliphatic heterocycles. The molecule has 2 aromatic carbocycles. The Bertz CT molecular complexity index is 1250. The Kier molecular flexibility index (Phi) is 7.61. The summed E-state index contributed by atoms with van der Waals surface area (Å²) in [6.07, 6.45) is -3.72. The van der Waals surface area contributed by atoms with Crippen LogP contribution in [0.15, 0.2) is 70.6 Å². The van der Waals surface area contributed by atoms with Crippen molar-refractivity contribution >= 4 is 23.5 Å². The monoisotopic (exact) mass is 516 g/mol. The van der Waals surface area contributed by atoms with Crippen molar-refractivity contribution in [1.82, 2.24) is 4.98 Å². The van der Waals surface area contributed by atoms with E-state index in [4.69, 9.17) is 0 Å². The molecule has 0 saturated carbocycles. The third-order valence-corrected chi connectivity index (χ3v) is 7.51. The molecule has 0 amide bonds. The lowest BCUT2D eigenvalue weighted by Gasteiger charge is -2.34. The molecule has 5 nitrogen and oxygen atoms in total. The van der Waals surface area contributed by atoms with Crippen LogP contribution in [-0.2, 0) is 11.0 Å². The van der Waals surface area contributed by atoms with Crippen molar-refractivity contribution in [2.45, 2.75) is 48.3 Å². The fraction of sp³-hybridized carbons (Fsp3) is 0.333. The summed E-state index contributed by atoms with van der Waals surface area (Å²) in [5, 5.41) is 19.4. The topological polar surface area (TPSA) is 73.7 Å². The lowest BCUT2D eigenvalue weighted by Crippen LogP contribution is -2.46. The Morgan fingerprint density at radius 2 is 1.81 bits per heavy atom. The van der Waals surface area contributed by atoms with Crippen molar-refractivity contribution < 1.29 is 28.2 Å². The van der Waals surface area contributed by atoms with Gasteiger partial charge in [0, 0.05) is 29.1 Å². The van der Waals surface area contributed by atoms with Gasteiger partial charge in [-0.05, 0) is 59.4 Å². The van der Waals surface area contributed by atoms with Gasteiger partial charge in [-0.25, -0.2) is 4.98 Å². The molecule has 190 valence electrons. The molecule has 1 fully saturated rings. The number of hydrogen-bond acceptors (Lipinski definition) is 5. The number of hydrogen-bond donors (Lipinski definition) is 2. The Morgan fingerprint density at radius 1 is 1.08 bits per heavy atom. The van der Waals surface area contributed by atoms with E-state index in [0.29, 0.717) is 23.5 Å². The minimum atomic E-state index is -4.54. The minimum absolute atomic E-state index is 0.0750. The van der Waals surface area contributed by atoms with Gasteiger partial charge in [-0.15, -0.1) is 0 Å². The first kappa shape index (κ1) is 26.0. The van der Waals surface area contributed by atoms with Gasteiger partial charge in [-0.2, -0.15) is 13.2 Å². The highest BCUT2D eigenvalue weighted by molar-refractivity contribution is 7.99. The van der Waals surface area contributed by atoms with Crippen LogP contribution in [-0.4, -0.2) is 40.4 Å². The lowest BCUT2D eigenvalue weighted by atomic mass is 9.94. The van der Waals surface area contributed by atoms with Crippen LogP contribution in [0, 0.1) is 5.92 Å². The largest absolute Gasteiger partial charge is 0.481 e. The average Bonchev–Trinajstić information content (AvgIpc) is 2.84. The standard InChI is InChI=1S/C27H27F3N2O3S/c1-16(2)19-5-3-4-6-23(19)36-24-8-7-17(13-21(24)27(28,29)30)18-9-11-31-25(14-18)32-12-10-22(33)20(15-32)26(34)35/h3-9,11,13-14,16,20,22,33H,10,12,15H2,1-2H3,(H,34,35). The van der Waals surface area contributed by atoms with Gasteiger partial charge in [0.2, 0.25) is 0 Å². The Labute approximate surface area is 212 Å². The maximum Gasteiger partial charge on any atom is 0.417 e. The Balaban J connectivity index is 1.67. The second kappa shape index (κ2) is 10.5. The quantitative estimate of drug-likeness (QED) is 0.400. The van der Waals surface area contributed by atoms with Gasteiger partial charge in [0.25, 0.3) is 0 Å². The summed E-state index contributed by atoms with van der Waals surface area (Å²) >= 11 is 1.11. The van der Waals surface area contributed by atoms with Crippen molar-refractivity contribution in [3.63, 3.8) is 0 Å². The van der Waals surface area contributed by atoms with Crippen LogP contribution in [0.4, 0.5) is 19.0 Å². The number of piperidine rings is 1. The summed E-state index contributed by atoms with van der Waals surface area (Å²) in [6, 6.07) is 15.1. The van der Waals surface area contributed by atoms with Crippen molar-refractivity contribution in [3.8, 4) is 11.1 Å². The smallest absolute Gasteiger partial charge is 0.417 e. The number of aliphatic hydroxyl groups is 1. The molecule has 0 radical (unpaired) electrons. The number of rotatable bonds is 6. The molecule has 36 heavy (non-hydrogen) atoms. The maximum absolute atomic E-state index is 14.1. The number of carbonyl (C=O) groups is 1. The molecule has 1 saturated heterocycles. The second-order valence-electron chi connectivity index (χ2n) is 9.15. The van der Waals surface area contributed by atoms with Gasteiger partial charge in [-0.3, -0.25) is 4.79 Å². The van der Waals surface area contributed by atoms with E-state index in [1.807, 2.05) is 38.1 Å². The summed E-state index contributed by atoms with van der Waals surface area (Å²) in [5.41, 5.74) is 1.21. The van der Waals surface area contributed by atoms with Crippen LogP contribution < -0.4 is 4.90 Å². The van der Waals surface area contributed by atoms with E-state index in [1.165, 1.54) is 12.3 Å². The summed E-state index contributed by atoms with van der Waals surface area (Å²) < 4.78 is 42.4. The van der Waals surface area contributed by atoms with Crippen LogP contribution in [0.5, 0.6) is 0 Å². The first-order valence-corrected chi connectivity index (χ1v) is 12.5. The molecule has 9 heteroatoms. The maximum atomic E-state index is 14.1. The summed E-state index contributed by atoms with van der Waals surface area (Å²) in [6.45, 7) is 4.50. The third-order valence-electron chi connectivity index (χ3n) is 6.34. The number of aliphatic carboxylic acids is 1. The van der Waals surface area contributed by atoms with Crippen molar-refractivity contribution in [3.05, 3.63) is 71.9 Å². The zero-order valence-electron chi connectivity index (χ0n) is 19.9. The number of halogens is 3. The van der Waals surface area contributed by atoms with E-state index >= 15 is 0 Å².